The third-order valence-electron chi connectivity index (χ3n) is 4.21. The molecule has 0 amide bonds. The first-order valence-corrected chi connectivity index (χ1v) is 8.91. The van der Waals surface area contributed by atoms with Gasteiger partial charge in [0, 0.05) is 6.54 Å². The quantitative estimate of drug-likeness (QED) is 0.638. The number of hydrogen-bond donors (Lipinski definition) is 2. The van der Waals surface area contributed by atoms with Gasteiger partial charge in [-0.1, -0.05) is 5.59 Å². The lowest BCUT2D eigenvalue weighted by Crippen LogP contribution is -2.31. The molecular weight excluding hydrogens is 383 g/mol. The van der Waals surface area contributed by atoms with Crippen molar-refractivity contribution in [3.05, 3.63) is 65.6 Å². The maximum absolute atomic E-state index is 14.2. The molecule has 3 heterocycles. The Labute approximate surface area is 165 Å². The fraction of sp³-hybridized carbons (Fsp3) is 0.167. The molecule has 10 heteroatoms. The van der Waals surface area contributed by atoms with Gasteiger partial charge in [0.25, 0.3) is 0 Å². The Morgan fingerprint density at radius 3 is 2.93 bits per heavy atom. The molecule has 4 rings (SSSR count). The van der Waals surface area contributed by atoms with Crippen molar-refractivity contribution in [3.8, 4) is 17.7 Å². The van der Waals surface area contributed by atoms with Crippen molar-refractivity contribution in [2.45, 2.75) is 18.8 Å². The largest absolute Gasteiger partial charge is 0.461 e. The van der Waals surface area contributed by atoms with Crippen LogP contribution in [0.4, 0.5) is 4.39 Å². The van der Waals surface area contributed by atoms with Crippen LogP contribution in [0.2, 0.25) is 0 Å². The molecule has 0 bridgehead atoms. The summed E-state index contributed by atoms with van der Waals surface area (Å²) in [5.41, 5.74) is 3.17. The third kappa shape index (κ3) is 3.11. The highest BCUT2D eigenvalue weighted by Gasteiger charge is 2.28. The van der Waals surface area contributed by atoms with Gasteiger partial charge < -0.3 is 13.8 Å². The maximum atomic E-state index is 14.2. The van der Waals surface area contributed by atoms with Crippen LogP contribution in [-0.4, -0.2) is 19.8 Å². The Morgan fingerprint density at radius 1 is 1.36 bits per heavy atom. The molecule has 8 nitrogen and oxygen atoms in total. The first-order valence-electron chi connectivity index (χ1n) is 8.40. The molecule has 0 spiro atoms. The van der Waals surface area contributed by atoms with Crippen molar-refractivity contribution >= 4 is 18.4 Å². The van der Waals surface area contributed by atoms with Crippen molar-refractivity contribution < 1.29 is 13.6 Å². The second-order valence-corrected chi connectivity index (χ2v) is 6.37. The Hall–Kier alpha value is -3.29. The van der Waals surface area contributed by atoms with Gasteiger partial charge in [0.2, 0.25) is 0 Å². The van der Waals surface area contributed by atoms with Crippen molar-refractivity contribution in [3.63, 3.8) is 0 Å². The van der Waals surface area contributed by atoms with Crippen LogP contribution in [0.3, 0.4) is 0 Å². The number of hydrogen-bond acceptors (Lipinski definition) is 8. The van der Waals surface area contributed by atoms with E-state index in [1.54, 1.807) is 24.6 Å². The molecule has 2 aromatic heterocycles. The maximum Gasteiger partial charge on any atom is 0.199 e. The summed E-state index contributed by atoms with van der Waals surface area (Å²) < 4.78 is 21.4. The van der Waals surface area contributed by atoms with Gasteiger partial charge >= 0.3 is 0 Å². The van der Waals surface area contributed by atoms with E-state index in [1.807, 2.05) is 17.6 Å². The lowest BCUT2D eigenvalue weighted by Gasteiger charge is -2.21. The summed E-state index contributed by atoms with van der Waals surface area (Å²) >= 11 is 4.61. The number of hydrazine groups is 1. The van der Waals surface area contributed by atoms with Crippen LogP contribution in [0.5, 0.6) is 0 Å². The van der Waals surface area contributed by atoms with Crippen LogP contribution in [0.1, 0.15) is 29.2 Å². The summed E-state index contributed by atoms with van der Waals surface area (Å²) in [7, 11) is 0. The molecular formula is C18H15FN6O2S. The number of aromatic nitrogens is 3. The predicted octanol–water partition coefficient (Wildman–Crippen LogP) is 3.25. The Balaban J connectivity index is 1.64. The minimum atomic E-state index is -0.573. The number of thiol groups is 1. The fourth-order valence-corrected chi connectivity index (χ4v) is 3.14. The molecule has 0 radical (unpaired) electrons. The Kier molecular flexibility index (Phi) is 4.77. The highest BCUT2D eigenvalue weighted by atomic mass is 32.1. The van der Waals surface area contributed by atoms with E-state index in [0.717, 1.165) is 0 Å². The normalized spacial score (nSPS) is 14.5. The molecule has 1 atom stereocenters. The van der Waals surface area contributed by atoms with E-state index in [-0.39, 0.29) is 11.3 Å². The number of benzene rings is 1. The number of halogens is 1. The minimum Gasteiger partial charge on any atom is -0.461 e. The van der Waals surface area contributed by atoms with Crippen molar-refractivity contribution in [2.75, 3.05) is 0 Å². The summed E-state index contributed by atoms with van der Waals surface area (Å²) in [4.78, 5) is 5.39. The summed E-state index contributed by atoms with van der Waals surface area (Å²) in [6.45, 7) is 2.55. The van der Waals surface area contributed by atoms with Crippen LogP contribution in [0, 0.1) is 17.1 Å². The number of furan rings is 1. The van der Waals surface area contributed by atoms with Gasteiger partial charge in [-0.2, -0.15) is 5.26 Å². The average molecular weight is 398 g/mol. The summed E-state index contributed by atoms with van der Waals surface area (Å²) in [6, 6.07) is 9.60. The molecule has 142 valence electrons. The molecule has 1 aliphatic rings. The highest BCUT2D eigenvalue weighted by molar-refractivity contribution is 7.80. The molecule has 1 aromatic carbocycles. The molecule has 1 aliphatic heterocycles. The van der Waals surface area contributed by atoms with Crippen LogP contribution in [0.25, 0.3) is 17.3 Å². The van der Waals surface area contributed by atoms with Gasteiger partial charge in [-0.15, -0.1) is 22.8 Å². The van der Waals surface area contributed by atoms with Gasteiger partial charge in [-0.3, -0.25) is 5.01 Å². The number of nitriles is 1. The SMILES string of the molecule is CCn1c(-c2ccco2)nnc1C(S)N1C=C(c2cc(C#N)ccc2F)ON1. The van der Waals surface area contributed by atoms with E-state index >= 15 is 0 Å². The summed E-state index contributed by atoms with van der Waals surface area (Å²) in [5.74, 6) is 1.46. The monoisotopic (exact) mass is 398 g/mol. The molecule has 28 heavy (non-hydrogen) atoms. The van der Waals surface area contributed by atoms with E-state index in [4.69, 9.17) is 14.5 Å². The second kappa shape index (κ2) is 7.38. The Morgan fingerprint density at radius 2 is 2.21 bits per heavy atom. The van der Waals surface area contributed by atoms with Crippen molar-refractivity contribution in [1.29, 1.82) is 5.26 Å². The smallest absolute Gasteiger partial charge is 0.199 e. The minimum absolute atomic E-state index is 0.169. The predicted molar refractivity (Wildman–Crippen MR) is 100 cm³/mol. The zero-order chi connectivity index (χ0) is 19.7. The molecule has 1 N–H and O–H groups in total. The fourth-order valence-electron chi connectivity index (χ4n) is 2.84. The van der Waals surface area contributed by atoms with Crippen LogP contribution in [-0.2, 0) is 11.4 Å². The van der Waals surface area contributed by atoms with Gasteiger partial charge in [0.15, 0.2) is 28.5 Å². The molecule has 0 saturated heterocycles. The molecule has 0 saturated carbocycles. The van der Waals surface area contributed by atoms with Gasteiger partial charge in [0.1, 0.15) is 5.82 Å². The Bertz CT molecular complexity index is 1070. The van der Waals surface area contributed by atoms with Gasteiger partial charge in [-0.25, -0.2) is 4.39 Å². The zero-order valence-corrected chi connectivity index (χ0v) is 15.6. The van der Waals surface area contributed by atoms with E-state index in [2.05, 4.69) is 28.4 Å². The number of nitrogens with one attached hydrogen (secondary N) is 1. The average Bonchev–Trinajstić information content (AvgIpc) is 3.47. The highest BCUT2D eigenvalue weighted by Crippen LogP contribution is 2.31. The number of nitrogens with zero attached hydrogens (tertiary/aromatic N) is 5. The lowest BCUT2D eigenvalue weighted by atomic mass is 10.1. The summed E-state index contributed by atoms with van der Waals surface area (Å²) in [5, 5.41) is 18.4. The molecule has 0 fully saturated rings. The lowest BCUT2D eigenvalue weighted by molar-refractivity contribution is 0.0380. The van der Waals surface area contributed by atoms with E-state index in [1.165, 1.54) is 23.2 Å². The standard InChI is InChI=1S/C18H15FN6O2S/c1-2-24-16(14-4-3-7-26-14)21-22-17(24)18(28)25-10-15(27-23-25)12-8-11(9-20)5-6-13(12)19/h3-8,10,18,23,28H,2H2,1H3. The van der Waals surface area contributed by atoms with Gasteiger partial charge in [-0.05, 0) is 37.3 Å². The van der Waals surface area contributed by atoms with Crippen LogP contribution in [0.15, 0.2) is 47.2 Å². The molecule has 1 unspecified atom stereocenters. The molecule has 0 aliphatic carbocycles. The topological polar surface area (TPSA) is 92.1 Å². The van der Waals surface area contributed by atoms with Crippen LogP contribution >= 0.6 is 12.6 Å². The molecule has 3 aromatic rings. The first-order chi connectivity index (χ1) is 13.6. The van der Waals surface area contributed by atoms with Crippen LogP contribution < -0.4 is 5.59 Å². The van der Waals surface area contributed by atoms with Gasteiger partial charge in [0.05, 0.1) is 29.7 Å². The van der Waals surface area contributed by atoms with Crippen molar-refractivity contribution in [1.82, 2.24) is 25.4 Å². The van der Waals surface area contributed by atoms with E-state index in [0.29, 0.717) is 29.5 Å². The van der Waals surface area contributed by atoms with E-state index in [9.17, 15) is 4.39 Å². The summed E-state index contributed by atoms with van der Waals surface area (Å²) in [6.07, 6.45) is 3.12. The zero-order valence-electron chi connectivity index (χ0n) is 14.7. The van der Waals surface area contributed by atoms with Crippen molar-refractivity contribution in [2.24, 2.45) is 0 Å². The van der Waals surface area contributed by atoms with E-state index < -0.39 is 11.2 Å². The third-order valence-corrected chi connectivity index (χ3v) is 4.69. The number of rotatable bonds is 5. The second-order valence-electron chi connectivity index (χ2n) is 5.88. The first kappa shape index (κ1) is 18.1.